The van der Waals surface area contributed by atoms with E-state index in [4.69, 9.17) is 4.42 Å². The van der Waals surface area contributed by atoms with Gasteiger partial charge in [-0.3, -0.25) is 10.1 Å². The first-order valence-electron chi connectivity index (χ1n) is 9.19. The summed E-state index contributed by atoms with van der Waals surface area (Å²) < 4.78 is 8.01. The second-order valence-electron chi connectivity index (χ2n) is 6.58. The summed E-state index contributed by atoms with van der Waals surface area (Å²) in [4.78, 5) is 11.1. The lowest BCUT2D eigenvalue weighted by Gasteiger charge is -2.06. The fourth-order valence-corrected chi connectivity index (χ4v) is 3.21. The Balaban J connectivity index is 2.01. The minimum absolute atomic E-state index is 0.0540. The average molecular weight is 383 g/mol. The first-order chi connectivity index (χ1) is 14.1. The number of nitro groups is 1. The molecule has 0 fully saturated rings. The predicted molar refractivity (Wildman–Crippen MR) is 114 cm³/mol. The van der Waals surface area contributed by atoms with E-state index in [1.54, 1.807) is 18.2 Å². The van der Waals surface area contributed by atoms with Crippen LogP contribution in [-0.2, 0) is 0 Å². The van der Waals surface area contributed by atoms with Crippen LogP contribution in [-0.4, -0.2) is 12.0 Å². The van der Waals surface area contributed by atoms with Gasteiger partial charge in [-0.1, -0.05) is 72.8 Å². The smallest absolute Gasteiger partial charge is 0.339 e. The molecule has 0 aliphatic heterocycles. The summed E-state index contributed by atoms with van der Waals surface area (Å²) in [5.41, 5.74) is 2.44. The molecule has 142 valence electrons. The molecule has 0 atom stereocenters. The summed E-state index contributed by atoms with van der Waals surface area (Å²) >= 11 is 0. The third kappa shape index (κ3) is 3.84. The summed E-state index contributed by atoms with van der Waals surface area (Å²) in [6, 6.07) is 30.1. The van der Waals surface area contributed by atoms with Gasteiger partial charge in [-0.2, -0.15) is 4.58 Å². The van der Waals surface area contributed by atoms with Crippen LogP contribution in [0.15, 0.2) is 101 Å². The largest absolute Gasteiger partial charge is 0.456 e. The molecule has 1 heterocycles. The minimum atomic E-state index is -0.366. The normalized spacial score (nSPS) is 10.5. The highest BCUT2D eigenvalue weighted by molar-refractivity contribution is 5.63. The van der Waals surface area contributed by atoms with Crippen LogP contribution in [0.25, 0.3) is 22.6 Å². The molecular weight excluding hydrogens is 364 g/mol. The minimum Gasteiger partial charge on any atom is -0.456 e. The van der Waals surface area contributed by atoms with Crippen molar-refractivity contribution in [1.29, 1.82) is 0 Å². The van der Waals surface area contributed by atoms with Crippen LogP contribution >= 0.6 is 0 Å². The first-order valence-corrected chi connectivity index (χ1v) is 9.19. The van der Waals surface area contributed by atoms with Gasteiger partial charge in [0, 0.05) is 23.3 Å². The highest BCUT2D eigenvalue weighted by Gasteiger charge is 2.21. The van der Waals surface area contributed by atoms with Gasteiger partial charge in [0.1, 0.15) is 18.6 Å². The molecule has 0 aliphatic carbocycles. The highest BCUT2D eigenvalue weighted by atomic mass is 16.6. The summed E-state index contributed by atoms with van der Waals surface area (Å²) in [7, 11) is 1.82. The molecule has 0 amide bonds. The Morgan fingerprint density at radius 1 is 0.690 bits per heavy atom. The molecule has 0 bridgehead atoms. The van der Waals surface area contributed by atoms with Gasteiger partial charge in [-0.25, -0.2) is 0 Å². The Morgan fingerprint density at radius 3 is 1.62 bits per heavy atom. The lowest BCUT2D eigenvalue weighted by atomic mass is 10.1. The van der Waals surface area contributed by atoms with Crippen molar-refractivity contribution in [3.8, 4) is 22.6 Å². The molecule has 5 heteroatoms. The van der Waals surface area contributed by atoms with Crippen molar-refractivity contribution in [1.82, 2.24) is 4.58 Å². The fourth-order valence-electron chi connectivity index (χ4n) is 3.21. The Kier molecular flexibility index (Phi) is 5.03. The summed E-state index contributed by atoms with van der Waals surface area (Å²) in [6.07, 6.45) is 0. The van der Waals surface area contributed by atoms with Crippen molar-refractivity contribution >= 4 is 11.4 Å². The zero-order chi connectivity index (χ0) is 20.2. The first kappa shape index (κ1) is 18.4. The summed E-state index contributed by atoms with van der Waals surface area (Å²) in [5, 5.41) is 12.3. The van der Waals surface area contributed by atoms with Crippen molar-refractivity contribution in [2.45, 2.75) is 0 Å². The number of nitrogens with zero attached hydrogens (tertiary/aromatic N) is 2. The maximum absolute atomic E-state index is 11.5. The molecule has 0 saturated heterocycles. The molecule has 3 aromatic carbocycles. The lowest BCUT2D eigenvalue weighted by molar-refractivity contribution is -0.384. The van der Waals surface area contributed by atoms with Crippen LogP contribution in [0.1, 0.15) is 0 Å². The molecule has 0 saturated carbocycles. The number of rotatable bonds is 4. The molecule has 0 radical (unpaired) electrons. The number of para-hydroxylation sites is 2. The van der Waals surface area contributed by atoms with E-state index in [1.165, 1.54) is 6.07 Å². The topological polar surface area (TPSA) is 59.3 Å². The van der Waals surface area contributed by atoms with Gasteiger partial charge in [0.2, 0.25) is 5.36 Å². The molecule has 0 spiro atoms. The van der Waals surface area contributed by atoms with Gasteiger partial charge in [-0.15, -0.1) is 0 Å². The van der Waals surface area contributed by atoms with Crippen molar-refractivity contribution in [3.63, 3.8) is 0 Å². The molecule has 29 heavy (non-hydrogen) atoms. The van der Waals surface area contributed by atoms with Crippen LogP contribution in [0.3, 0.4) is 0 Å². The van der Waals surface area contributed by atoms with Gasteiger partial charge in [-0.05, 0) is 0 Å². The van der Waals surface area contributed by atoms with E-state index in [-0.39, 0.29) is 10.6 Å². The van der Waals surface area contributed by atoms with Crippen molar-refractivity contribution in [2.24, 2.45) is 0 Å². The molecule has 1 aromatic heterocycles. The van der Waals surface area contributed by atoms with E-state index >= 15 is 0 Å². The van der Waals surface area contributed by atoms with E-state index in [1.807, 2.05) is 84.4 Å². The quantitative estimate of drug-likeness (QED) is 0.274. The van der Waals surface area contributed by atoms with Gasteiger partial charge in [0.15, 0.2) is 0 Å². The van der Waals surface area contributed by atoms with Crippen molar-refractivity contribution < 1.29 is 9.34 Å². The Morgan fingerprint density at radius 2 is 1.14 bits per heavy atom. The van der Waals surface area contributed by atoms with Gasteiger partial charge in [0.25, 0.3) is 5.69 Å². The van der Waals surface area contributed by atoms with E-state index in [2.05, 4.69) is 0 Å². The monoisotopic (exact) mass is 383 g/mol. The SMILES string of the molecule is C[N+](c1ccccc1[N+](=O)[O-])=c1cc(-c2ccccc2)oc(-c2ccccc2)c1. The predicted octanol–water partition coefficient (Wildman–Crippen LogP) is 5.26. The van der Waals surface area contributed by atoms with Gasteiger partial charge >= 0.3 is 5.69 Å². The fraction of sp³-hybridized carbons (Fsp3) is 0.0417. The third-order valence-electron chi connectivity index (χ3n) is 4.72. The Labute approximate surface area is 168 Å². The Hall–Kier alpha value is -3.99. The molecule has 0 unspecified atom stereocenters. The molecule has 4 rings (SSSR count). The number of benzene rings is 3. The standard InChI is InChI=1S/C24H19N2O3/c1-25(21-14-8-9-15-22(21)26(27)28)20-16-23(18-10-4-2-5-11-18)29-24(17-20)19-12-6-3-7-13-19/h2-17H,1H3/q+1. The van der Waals surface area contributed by atoms with E-state index in [9.17, 15) is 10.1 Å². The second-order valence-corrected chi connectivity index (χ2v) is 6.58. The maximum Gasteiger partial charge on any atom is 0.339 e. The maximum atomic E-state index is 11.5. The van der Waals surface area contributed by atoms with E-state index < -0.39 is 0 Å². The molecule has 0 aliphatic rings. The van der Waals surface area contributed by atoms with Crippen LogP contribution in [0, 0.1) is 10.1 Å². The zero-order valence-electron chi connectivity index (χ0n) is 15.9. The summed E-state index contributed by atoms with van der Waals surface area (Å²) in [6.45, 7) is 0. The van der Waals surface area contributed by atoms with Crippen LogP contribution < -0.4 is 9.93 Å². The van der Waals surface area contributed by atoms with Crippen LogP contribution in [0.4, 0.5) is 11.4 Å². The van der Waals surface area contributed by atoms with Crippen LogP contribution in [0.2, 0.25) is 0 Å². The Bertz CT molecular complexity index is 1170. The van der Waals surface area contributed by atoms with E-state index in [0.29, 0.717) is 17.2 Å². The highest BCUT2D eigenvalue weighted by Crippen LogP contribution is 2.26. The second kappa shape index (κ2) is 7.94. The van der Waals surface area contributed by atoms with Crippen LogP contribution in [0.5, 0.6) is 0 Å². The molecule has 4 aromatic rings. The lowest BCUT2D eigenvalue weighted by Crippen LogP contribution is -2.22. The zero-order valence-corrected chi connectivity index (χ0v) is 15.9. The van der Waals surface area contributed by atoms with E-state index in [0.717, 1.165) is 16.5 Å². The number of hydrogen-bond donors (Lipinski definition) is 0. The van der Waals surface area contributed by atoms with Crippen molar-refractivity contribution in [3.05, 3.63) is 113 Å². The van der Waals surface area contributed by atoms with Gasteiger partial charge < -0.3 is 4.42 Å². The number of nitro benzene ring substituents is 1. The number of hydrogen-bond acceptors (Lipinski definition) is 3. The average Bonchev–Trinajstić information content (AvgIpc) is 2.79. The molecular formula is C24H19N2O3+. The molecule has 5 nitrogen and oxygen atoms in total. The third-order valence-corrected chi connectivity index (χ3v) is 4.72. The van der Waals surface area contributed by atoms with Crippen molar-refractivity contribution in [2.75, 3.05) is 7.05 Å². The molecule has 0 N–H and O–H groups in total. The van der Waals surface area contributed by atoms with Gasteiger partial charge in [0.05, 0.1) is 17.1 Å². The summed E-state index contributed by atoms with van der Waals surface area (Å²) in [5.74, 6) is 1.37.